The molecule has 0 fully saturated rings. The highest BCUT2D eigenvalue weighted by atomic mass is 79.9. The van der Waals surface area contributed by atoms with Gasteiger partial charge in [-0.15, -0.1) is 5.10 Å². The second-order valence-corrected chi connectivity index (χ2v) is 6.77. The normalized spacial score (nSPS) is 10.9. The van der Waals surface area contributed by atoms with E-state index in [1.165, 1.54) is 16.7 Å². The number of halogens is 1. The van der Waals surface area contributed by atoms with E-state index in [1.54, 1.807) is 11.8 Å². The topological polar surface area (TPSA) is 43.6 Å². The zero-order valence-electron chi connectivity index (χ0n) is 12.3. The summed E-state index contributed by atoms with van der Waals surface area (Å²) in [7, 11) is 0. The molecular formula is C16H15BrN4S. The summed E-state index contributed by atoms with van der Waals surface area (Å²) in [6.07, 6.45) is 0. The molecule has 4 nitrogen and oxygen atoms in total. The maximum atomic E-state index is 4.16. The van der Waals surface area contributed by atoms with E-state index in [4.69, 9.17) is 0 Å². The van der Waals surface area contributed by atoms with Crippen molar-refractivity contribution in [1.82, 2.24) is 20.2 Å². The SMILES string of the molecule is Cc1cccc(-n2nnnc2SCc2ccccc2Br)c1C. The third-order valence-corrected chi connectivity index (χ3v) is 5.30. The summed E-state index contributed by atoms with van der Waals surface area (Å²) >= 11 is 5.20. The van der Waals surface area contributed by atoms with Crippen molar-refractivity contribution in [3.05, 3.63) is 63.6 Å². The molecule has 0 unspecified atom stereocenters. The average Bonchev–Trinajstić information content (AvgIpc) is 2.97. The lowest BCUT2D eigenvalue weighted by atomic mass is 10.1. The first-order valence-corrected chi connectivity index (χ1v) is 8.66. The Kier molecular flexibility index (Phi) is 4.59. The Hall–Kier alpha value is -1.66. The fourth-order valence-corrected chi connectivity index (χ4v) is 3.64. The van der Waals surface area contributed by atoms with E-state index >= 15 is 0 Å². The molecule has 2 aromatic carbocycles. The molecule has 0 amide bonds. The first kappa shape index (κ1) is 15.2. The van der Waals surface area contributed by atoms with Gasteiger partial charge in [-0.3, -0.25) is 0 Å². The van der Waals surface area contributed by atoms with Gasteiger partial charge in [0.25, 0.3) is 0 Å². The molecule has 0 aliphatic rings. The predicted molar refractivity (Wildman–Crippen MR) is 92.3 cm³/mol. The van der Waals surface area contributed by atoms with E-state index in [9.17, 15) is 0 Å². The Morgan fingerprint density at radius 3 is 2.73 bits per heavy atom. The maximum Gasteiger partial charge on any atom is 0.214 e. The second-order valence-electron chi connectivity index (χ2n) is 4.97. The van der Waals surface area contributed by atoms with E-state index in [1.807, 2.05) is 35.0 Å². The molecule has 0 N–H and O–H groups in total. The Balaban J connectivity index is 1.87. The number of benzene rings is 2. The molecule has 112 valence electrons. The molecule has 0 aliphatic heterocycles. The van der Waals surface area contributed by atoms with Crippen molar-refractivity contribution in [3.63, 3.8) is 0 Å². The van der Waals surface area contributed by atoms with E-state index in [0.717, 1.165) is 21.1 Å². The first-order valence-electron chi connectivity index (χ1n) is 6.88. The summed E-state index contributed by atoms with van der Waals surface area (Å²) in [5.74, 6) is 0.812. The van der Waals surface area contributed by atoms with Crippen LogP contribution in [-0.4, -0.2) is 20.2 Å². The van der Waals surface area contributed by atoms with E-state index in [-0.39, 0.29) is 0 Å². The molecule has 1 aromatic heterocycles. The van der Waals surface area contributed by atoms with Crippen LogP contribution in [0.1, 0.15) is 16.7 Å². The van der Waals surface area contributed by atoms with Crippen LogP contribution < -0.4 is 0 Å². The Bertz CT molecular complexity index is 800. The van der Waals surface area contributed by atoms with Crippen LogP contribution in [-0.2, 0) is 5.75 Å². The Labute approximate surface area is 142 Å². The molecule has 0 saturated carbocycles. The van der Waals surface area contributed by atoms with Crippen LogP contribution in [0.5, 0.6) is 0 Å². The summed E-state index contributed by atoms with van der Waals surface area (Å²) in [6.45, 7) is 4.19. The highest BCUT2D eigenvalue weighted by Gasteiger charge is 2.12. The summed E-state index contributed by atoms with van der Waals surface area (Å²) in [4.78, 5) is 0. The highest BCUT2D eigenvalue weighted by Crippen LogP contribution is 2.27. The third kappa shape index (κ3) is 3.08. The molecule has 6 heteroatoms. The summed E-state index contributed by atoms with van der Waals surface area (Å²) in [5.41, 5.74) is 4.68. The number of hydrogen-bond acceptors (Lipinski definition) is 4. The molecule has 3 aromatic rings. The lowest BCUT2D eigenvalue weighted by molar-refractivity contribution is 0.751. The smallest absolute Gasteiger partial charge is 0.187 e. The number of nitrogens with zero attached hydrogens (tertiary/aromatic N) is 4. The monoisotopic (exact) mass is 374 g/mol. The second kappa shape index (κ2) is 6.62. The van der Waals surface area contributed by atoms with Gasteiger partial charge >= 0.3 is 0 Å². The zero-order chi connectivity index (χ0) is 15.5. The van der Waals surface area contributed by atoms with E-state index in [2.05, 4.69) is 57.4 Å². The molecule has 1 heterocycles. The van der Waals surface area contributed by atoms with Crippen molar-refractivity contribution >= 4 is 27.7 Å². The molecule has 0 spiro atoms. The van der Waals surface area contributed by atoms with Crippen LogP contribution in [0.3, 0.4) is 0 Å². The number of hydrogen-bond donors (Lipinski definition) is 0. The molecule has 22 heavy (non-hydrogen) atoms. The van der Waals surface area contributed by atoms with Crippen LogP contribution in [0.4, 0.5) is 0 Å². The third-order valence-electron chi connectivity index (χ3n) is 3.56. The van der Waals surface area contributed by atoms with Crippen LogP contribution >= 0.6 is 27.7 Å². The van der Waals surface area contributed by atoms with Crippen molar-refractivity contribution in [2.24, 2.45) is 0 Å². The maximum absolute atomic E-state index is 4.16. The predicted octanol–water partition coefficient (Wildman–Crippen LogP) is 4.33. The van der Waals surface area contributed by atoms with Crippen LogP contribution in [0.25, 0.3) is 5.69 Å². The fourth-order valence-electron chi connectivity index (χ4n) is 2.14. The lowest BCUT2D eigenvalue weighted by Crippen LogP contribution is -2.02. The number of aryl methyl sites for hydroxylation is 1. The van der Waals surface area contributed by atoms with Crippen molar-refractivity contribution in [3.8, 4) is 5.69 Å². The van der Waals surface area contributed by atoms with Gasteiger partial charge in [0.2, 0.25) is 5.16 Å². The van der Waals surface area contributed by atoms with Gasteiger partial charge in [0, 0.05) is 10.2 Å². The fraction of sp³-hybridized carbons (Fsp3) is 0.188. The lowest BCUT2D eigenvalue weighted by Gasteiger charge is -2.09. The van der Waals surface area contributed by atoms with E-state index < -0.39 is 0 Å². The largest absolute Gasteiger partial charge is 0.214 e. The van der Waals surface area contributed by atoms with Crippen LogP contribution in [0.15, 0.2) is 52.1 Å². The summed E-state index contributed by atoms with van der Waals surface area (Å²) < 4.78 is 2.91. The van der Waals surface area contributed by atoms with E-state index in [0.29, 0.717) is 0 Å². The van der Waals surface area contributed by atoms with Crippen molar-refractivity contribution in [2.75, 3.05) is 0 Å². The number of tetrazole rings is 1. The van der Waals surface area contributed by atoms with Gasteiger partial charge in [0.05, 0.1) is 5.69 Å². The van der Waals surface area contributed by atoms with Crippen molar-refractivity contribution in [1.29, 1.82) is 0 Å². The number of aromatic nitrogens is 4. The van der Waals surface area contributed by atoms with Gasteiger partial charge in [0.1, 0.15) is 0 Å². The molecule has 0 aliphatic carbocycles. The molecule has 0 radical (unpaired) electrons. The Morgan fingerprint density at radius 2 is 1.91 bits per heavy atom. The minimum absolute atomic E-state index is 0.796. The Morgan fingerprint density at radius 1 is 1.09 bits per heavy atom. The van der Waals surface area contributed by atoms with Crippen LogP contribution in [0.2, 0.25) is 0 Å². The van der Waals surface area contributed by atoms with Gasteiger partial charge < -0.3 is 0 Å². The molecule has 0 atom stereocenters. The first-order chi connectivity index (χ1) is 10.7. The number of thioether (sulfide) groups is 1. The molecule has 3 rings (SSSR count). The minimum atomic E-state index is 0.796. The quantitative estimate of drug-likeness (QED) is 0.637. The van der Waals surface area contributed by atoms with Gasteiger partial charge in [-0.2, -0.15) is 4.68 Å². The highest BCUT2D eigenvalue weighted by molar-refractivity contribution is 9.10. The standard InChI is InChI=1S/C16H15BrN4S/c1-11-6-5-9-15(12(11)2)21-16(18-19-20-21)22-10-13-7-3-4-8-14(13)17/h3-9H,10H2,1-2H3. The van der Waals surface area contributed by atoms with Gasteiger partial charge in [-0.25, -0.2) is 0 Å². The van der Waals surface area contributed by atoms with Crippen molar-refractivity contribution in [2.45, 2.75) is 24.8 Å². The summed E-state index contributed by atoms with van der Waals surface area (Å²) in [5, 5.41) is 12.9. The number of rotatable bonds is 4. The average molecular weight is 375 g/mol. The zero-order valence-corrected chi connectivity index (χ0v) is 14.7. The van der Waals surface area contributed by atoms with Gasteiger partial charge in [-0.05, 0) is 53.1 Å². The van der Waals surface area contributed by atoms with Gasteiger partial charge in [-0.1, -0.05) is 58.0 Å². The molecule has 0 bridgehead atoms. The van der Waals surface area contributed by atoms with Crippen molar-refractivity contribution < 1.29 is 0 Å². The molecule has 0 saturated heterocycles. The van der Waals surface area contributed by atoms with Gasteiger partial charge in [0.15, 0.2) is 0 Å². The molecular weight excluding hydrogens is 360 g/mol. The summed E-state index contributed by atoms with van der Waals surface area (Å²) in [6, 6.07) is 14.4. The minimum Gasteiger partial charge on any atom is -0.187 e. The van der Waals surface area contributed by atoms with Crippen LogP contribution in [0, 0.1) is 13.8 Å².